The largest absolute Gasteiger partial charge is 0.383 e. The number of rotatable bonds is 8. The molecule has 39 heavy (non-hydrogen) atoms. The van der Waals surface area contributed by atoms with Gasteiger partial charge in [-0.15, -0.1) is 23.1 Å². The topological polar surface area (TPSA) is 76.5 Å². The molecule has 1 aliphatic heterocycles. The molecule has 3 heterocycles. The number of para-hydroxylation sites is 1. The van der Waals surface area contributed by atoms with Crippen molar-refractivity contribution in [2.75, 3.05) is 37.5 Å². The Morgan fingerprint density at radius 2 is 2.00 bits per heavy atom. The van der Waals surface area contributed by atoms with Gasteiger partial charge < -0.3 is 10.1 Å². The molecule has 0 spiro atoms. The first kappa shape index (κ1) is 27.0. The molecular formula is C28H26F2N4O3S2. The van der Waals surface area contributed by atoms with Crippen molar-refractivity contribution in [3.8, 4) is 16.3 Å². The third-order valence-corrected chi connectivity index (χ3v) is 8.48. The lowest BCUT2D eigenvalue weighted by Gasteiger charge is -2.23. The zero-order chi connectivity index (χ0) is 27.5. The number of nitrogens with one attached hydrogen (secondary N) is 1. The Balaban J connectivity index is 1.76. The molecule has 0 saturated carbocycles. The number of methoxy groups -OCH3 is 1. The van der Waals surface area contributed by atoms with E-state index >= 15 is 4.39 Å². The van der Waals surface area contributed by atoms with Crippen molar-refractivity contribution in [1.29, 1.82) is 0 Å². The molecule has 0 radical (unpaired) electrons. The van der Waals surface area contributed by atoms with Crippen LogP contribution in [0.1, 0.15) is 21.9 Å². The number of thioether (sulfide) groups is 1. The first-order valence-electron chi connectivity index (χ1n) is 12.2. The molecule has 7 nitrogen and oxygen atoms in total. The summed E-state index contributed by atoms with van der Waals surface area (Å²) in [4.78, 5) is 28.8. The van der Waals surface area contributed by atoms with Crippen molar-refractivity contribution in [2.24, 2.45) is 0 Å². The van der Waals surface area contributed by atoms with Gasteiger partial charge in [-0.05, 0) is 36.1 Å². The summed E-state index contributed by atoms with van der Waals surface area (Å²) in [5.41, 5.74) is 3.03. The van der Waals surface area contributed by atoms with Crippen LogP contribution in [0.2, 0.25) is 0 Å². The molecule has 0 fully saturated rings. The van der Waals surface area contributed by atoms with Crippen molar-refractivity contribution >= 4 is 40.7 Å². The van der Waals surface area contributed by atoms with Crippen LogP contribution in [0.25, 0.3) is 16.3 Å². The lowest BCUT2D eigenvalue weighted by molar-refractivity contribution is -0.123. The number of carbonyl (C=O) groups excluding carboxylic acids is 2. The lowest BCUT2D eigenvalue weighted by atomic mass is 10.0. The minimum Gasteiger partial charge on any atom is -0.383 e. The SMILES string of the molecule is COCCNC(=O)CN1C(=O)CS[C@@H](c2ccc(F)cc2F)c2c(-c3cccs3)nn(-c3ccccc3C)c21. The van der Waals surface area contributed by atoms with E-state index in [0.717, 1.165) is 22.2 Å². The summed E-state index contributed by atoms with van der Waals surface area (Å²) in [6, 6.07) is 14.9. The maximum absolute atomic E-state index is 15.3. The van der Waals surface area contributed by atoms with E-state index in [1.54, 1.807) is 4.68 Å². The standard InChI is InChI=1S/C28H26F2N4O3S2/c1-17-6-3-4-7-21(17)34-28-25(26(32-34)22-8-5-13-38-22)27(19-10-9-18(29)14-20(19)30)39-16-24(36)33(28)15-23(35)31-11-12-37-2/h3-10,13-14,27H,11-12,15-16H2,1-2H3,(H,31,35)/t27-/m0/s1. The summed E-state index contributed by atoms with van der Waals surface area (Å²) in [6.45, 7) is 2.30. The van der Waals surface area contributed by atoms with Crippen molar-refractivity contribution in [3.05, 3.63) is 88.3 Å². The van der Waals surface area contributed by atoms with Crippen LogP contribution in [0.3, 0.4) is 0 Å². The Morgan fingerprint density at radius 3 is 2.72 bits per heavy atom. The molecule has 1 aliphatic rings. The predicted octanol–water partition coefficient (Wildman–Crippen LogP) is 5.12. The van der Waals surface area contributed by atoms with Crippen LogP contribution < -0.4 is 10.2 Å². The molecule has 2 aromatic heterocycles. The van der Waals surface area contributed by atoms with Gasteiger partial charge in [0.1, 0.15) is 29.7 Å². The zero-order valence-corrected chi connectivity index (χ0v) is 23.0. The van der Waals surface area contributed by atoms with E-state index in [4.69, 9.17) is 9.84 Å². The number of halogens is 2. The van der Waals surface area contributed by atoms with Crippen LogP contribution in [0.4, 0.5) is 14.6 Å². The van der Waals surface area contributed by atoms with Crippen LogP contribution in [0.15, 0.2) is 60.0 Å². The quantitative estimate of drug-likeness (QED) is 0.299. The van der Waals surface area contributed by atoms with E-state index in [1.807, 2.05) is 48.7 Å². The molecule has 0 bridgehead atoms. The predicted molar refractivity (Wildman–Crippen MR) is 150 cm³/mol. The van der Waals surface area contributed by atoms with Gasteiger partial charge in [-0.1, -0.05) is 30.3 Å². The minimum absolute atomic E-state index is 0.0147. The van der Waals surface area contributed by atoms with Gasteiger partial charge in [0.05, 0.1) is 28.2 Å². The molecule has 0 unspecified atom stereocenters. The fourth-order valence-corrected chi connectivity index (χ4v) is 6.48. The molecule has 11 heteroatoms. The molecule has 2 aromatic carbocycles. The van der Waals surface area contributed by atoms with E-state index in [2.05, 4.69) is 5.32 Å². The number of thiophene rings is 1. The second-order valence-corrected chi connectivity index (χ2v) is 11.0. The first-order valence-corrected chi connectivity index (χ1v) is 14.2. The summed E-state index contributed by atoms with van der Waals surface area (Å²) in [7, 11) is 1.54. The number of nitrogens with zero attached hydrogens (tertiary/aromatic N) is 3. The van der Waals surface area contributed by atoms with Crippen molar-refractivity contribution in [2.45, 2.75) is 12.2 Å². The Labute approximate surface area is 232 Å². The van der Waals surface area contributed by atoms with E-state index < -0.39 is 16.9 Å². The number of aromatic nitrogens is 2. The minimum atomic E-state index is -0.711. The number of anilines is 1. The summed E-state index contributed by atoms with van der Waals surface area (Å²) in [5.74, 6) is -1.71. The Hall–Kier alpha value is -3.54. The molecule has 0 aliphatic carbocycles. The Morgan fingerprint density at radius 1 is 1.18 bits per heavy atom. The molecule has 1 atom stereocenters. The van der Waals surface area contributed by atoms with Gasteiger partial charge in [0, 0.05) is 30.8 Å². The summed E-state index contributed by atoms with van der Waals surface area (Å²) >= 11 is 2.70. The molecule has 0 saturated heterocycles. The third kappa shape index (κ3) is 5.47. The number of aryl methyl sites for hydroxylation is 1. The smallest absolute Gasteiger partial charge is 0.240 e. The number of hydrogen-bond donors (Lipinski definition) is 1. The highest BCUT2D eigenvalue weighted by Gasteiger charge is 2.39. The highest BCUT2D eigenvalue weighted by atomic mass is 32.2. The van der Waals surface area contributed by atoms with Gasteiger partial charge in [-0.25, -0.2) is 13.5 Å². The molecular weight excluding hydrogens is 542 g/mol. The van der Waals surface area contributed by atoms with Gasteiger partial charge in [-0.3, -0.25) is 14.5 Å². The monoisotopic (exact) mass is 568 g/mol. The van der Waals surface area contributed by atoms with Gasteiger partial charge in [0.15, 0.2) is 0 Å². The lowest BCUT2D eigenvalue weighted by Crippen LogP contribution is -2.43. The number of hydrogen-bond acceptors (Lipinski definition) is 6. The molecule has 4 aromatic rings. The van der Waals surface area contributed by atoms with E-state index in [-0.39, 0.29) is 29.7 Å². The van der Waals surface area contributed by atoms with Crippen LogP contribution in [0.5, 0.6) is 0 Å². The third-order valence-electron chi connectivity index (χ3n) is 6.36. The van der Waals surface area contributed by atoms with E-state index in [0.29, 0.717) is 30.2 Å². The fourth-order valence-electron chi connectivity index (χ4n) is 4.54. The Bertz CT molecular complexity index is 1510. The van der Waals surface area contributed by atoms with Gasteiger partial charge >= 0.3 is 0 Å². The first-order chi connectivity index (χ1) is 18.9. The average molecular weight is 569 g/mol. The van der Waals surface area contributed by atoms with Crippen LogP contribution in [-0.4, -0.2) is 54.2 Å². The summed E-state index contributed by atoms with van der Waals surface area (Å²) in [5, 5.41) is 8.98. The second-order valence-electron chi connectivity index (χ2n) is 8.94. The van der Waals surface area contributed by atoms with E-state index in [9.17, 15) is 14.0 Å². The number of fused-ring (bicyclic) bond motifs is 1. The van der Waals surface area contributed by atoms with Crippen LogP contribution in [-0.2, 0) is 14.3 Å². The normalized spacial score (nSPS) is 15.2. The van der Waals surface area contributed by atoms with Gasteiger partial charge in [-0.2, -0.15) is 5.10 Å². The molecule has 5 rings (SSSR count). The highest BCUT2D eigenvalue weighted by Crippen LogP contribution is 2.49. The van der Waals surface area contributed by atoms with Gasteiger partial charge in [0.25, 0.3) is 0 Å². The summed E-state index contributed by atoms with van der Waals surface area (Å²) < 4.78 is 35.8. The highest BCUT2D eigenvalue weighted by molar-refractivity contribution is 8.00. The van der Waals surface area contributed by atoms with Crippen LogP contribution in [0, 0.1) is 18.6 Å². The number of benzene rings is 2. The van der Waals surface area contributed by atoms with Crippen molar-refractivity contribution < 1.29 is 23.1 Å². The average Bonchev–Trinajstić information content (AvgIpc) is 3.55. The second kappa shape index (κ2) is 11.7. The summed E-state index contributed by atoms with van der Waals surface area (Å²) in [6.07, 6.45) is 0. The zero-order valence-electron chi connectivity index (χ0n) is 21.3. The van der Waals surface area contributed by atoms with Crippen molar-refractivity contribution in [1.82, 2.24) is 15.1 Å². The maximum atomic E-state index is 15.3. The van der Waals surface area contributed by atoms with Crippen LogP contribution >= 0.6 is 23.1 Å². The van der Waals surface area contributed by atoms with Gasteiger partial charge in [0.2, 0.25) is 11.8 Å². The van der Waals surface area contributed by atoms with E-state index in [1.165, 1.54) is 47.2 Å². The fraction of sp³-hybridized carbons (Fsp3) is 0.250. The number of carbonyl (C=O) groups is 2. The number of ether oxygens (including phenoxy) is 1. The Kier molecular flexibility index (Phi) is 8.10. The maximum Gasteiger partial charge on any atom is 0.240 e. The van der Waals surface area contributed by atoms with Crippen molar-refractivity contribution in [3.63, 3.8) is 0 Å². The molecule has 1 N–H and O–H groups in total. The molecule has 202 valence electrons. The molecule has 2 amide bonds. The number of amides is 2.